The first-order chi connectivity index (χ1) is 15.3. The van der Waals surface area contributed by atoms with Crippen LogP contribution >= 0.6 is 11.6 Å². The topological polar surface area (TPSA) is 82.2 Å². The molecule has 0 aliphatic carbocycles. The molecule has 2 aromatic rings. The number of anilines is 2. The number of halogens is 1. The third-order valence-electron chi connectivity index (χ3n) is 5.75. The Kier molecular flexibility index (Phi) is 7.02. The molecule has 0 saturated carbocycles. The van der Waals surface area contributed by atoms with Crippen LogP contribution in [0, 0.1) is 0 Å². The van der Waals surface area contributed by atoms with Gasteiger partial charge in [0.2, 0.25) is 10.0 Å². The molecule has 1 N–H and O–H groups in total. The largest absolute Gasteiger partial charge is 0.379 e. The van der Waals surface area contributed by atoms with Crippen LogP contribution in [0.3, 0.4) is 0 Å². The van der Waals surface area contributed by atoms with Gasteiger partial charge in [0.25, 0.3) is 5.91 Å². The molecule has 2 fully saturated rings. The SMILES string of the molecule is CN1CCN(c2ccc(Cl)cc2NC(=O)c2cccc(S(=O)(=O)N3CCOCC3)c2)CC1. The van der Waals surface area contributed by atoms with E-state index in [9.17, 15) is 13.2 Å². The first-order valence-corrected chi connectivity index (χ1v) is 12.4. The average molecular weight is 479 g/mol. The Morgan fingerprint density at radius 3 is 2.44 bits per heavy atom. The van der Waals surface area contributed by atoms with E-state index < -0.39 is 10.0 Å². The number of morpholine rings is 1. The normalized spacial score (nSPS) is 18.5. The highest BCUT2D eigenvalue weighted by Gasteiger charge is 2.27. The molecular formula is C22H27ClN4O4S. The van der Waals surface area contributed by atoms with Gasteiger partial charge in [0.05, 0.1) is 29.5 Å². The van der Waals surface area contributed by atoms with Gasteiger partial charge in [-0.1, -0.05) is 17.7 Å². The molecule has 8 nitrogen and oxygen atoms in total. The lowest BCUT2D eigenvalue weighted by Crippen LogP contribution is -2.44. The number of carbonyl (C=O) groups is 1. The molecule has 1 amide bonds. The third-order valence-corrected chi connectivity index (χ3v) is 7.88. The van der Waals surface area contributed by atoms with E-state index >= 15 is 0 Å². The number of piperazine rings is 1. The van der Waals surface area contributed by atoms with Crippen molar-refractivity contribution in [3.63, 3.8) is 0 Å². The Bertz CT molecular complexity index is 1080. The molecule has 0 unspecified atom stereocenters. The van der Waals surface area contributed by atoms with Crippen molar-refractivity contribution in [3.05, 3.63) is 53.1 Å². The highest BCUT2D eigenvalue weighted by molar-refractivity contribution is 7.89. The molecule has 0 radical (unpaired) electrons. The Labute approximate surface area is 193 Å². The minimum absolute atomic E-state index is 0.0948. The zero-order valence-corrected chi connectivity index (χ0v) is 19.5. The molecular weight excluding hydrogens is 452 g/mol. The Morgan fingerprint density at radius 2 is 1.72 bits per heavy atom. The van der Waals surface area contributed by atoms with Crippen LogP contribution in [0.4, 0.5) is 11.4 Å². The number of hydrogen-bond donors (Lipinski definition) is 1. The van der Waals surface area contributed by atoms with E-state index in [4.69, 9.17) is 16.3 Å². The number of rotatable bonds is 5. The number of nitrogens with one attached hydrogen (secondary N) is 1. The van der Waals surface area contributed by atoms with Gasteiger partial charge in [0.1, 0.15) is 0 Å². The van der Waals surface area contributed by atoms with Crippen molar-refractivity contribution in [3.8, 4) is 0 Å². The second kappa shape index (κ2) is 9.76. The number of ether oxygens (including phenoxy) is 1. The maximum absolute atomic E-state index is 13.1. The summed E-state index contributed by atoms with van der Waals surface area (Å²) in [6.45, 7) is 4.87. The summed E-state index contributed by atoms with van der Waals surface area (Å²) >= 11 is 6.21. The molecule has 172 valence electrons. The highest BCUT2D eigenvalue weighted by Crippen LogP contribution is 2.30. The van der Waals surface area contributed by atoms with Crippen LogP contribution in [-0.2, 0) is 14.8 Å². The second-order valence-electron chi connectivity index (χ2n) is 7.95. The summed E-state index contributed by atoms with van der Waals surface area (Å²) in [6.07, 6.45) is 0. The summed E-state index contributed by atoms with van der Waals surface area (Å²) in [6, 6.07) is 11.6. The lowest BCUT2D eigenvalue weighted by Gasteiger charge is -2.35. The second-order valence-corrected chi connectivity index (χ2v) is 10.3. The maximum atomic E-state index is 13.1. The summed E-state index contributed by atoms with van der Waals surface area (Å²) in [5, 5.41) is 3.44. The van der Waals surface area contributed by atoms with Gasteiger partial charge in [-0.05, 0) is 43.4 Å². The summed E-state index contributed by atoms with van der Waals surface area (Å²) in [4.78, 5) is 17.6. The minimum Gasteiger partial charge on any atom is -0.379 e. The van der Waals surface area contributed by atoms with Crippen molar-refractivity contribution in [1.82, 2.24) is 9.21 Å². The van der Waals surface area contributed by atoms with E-state index in [2.05, 4.69) is 22.2 Å². The molecule has 2 aliphatic heterocycles. The van der Waals surface area contributed by atoms with Gasteiger partial charge in [-0.2, -0.15) is 4.31 Å². The van der Waals surface area contributed by atoms with Gasteiger partial charge in [-0.25, -0.2) is 8.42 Å². The van der Waals surface area contributed by atoms with Crippen molar-refractivity contribution in [2.75, 3.05) is 69.7 Å². The molecule has 2 aliphatic rings. The number of amides is 1. The highest BCUT2D eigenvalue weighted by atomic mass is 35.5. The van der Waals surface area contributed by atoms with Gasteiger partial charge in [0, 0.05) is 49.9 Å². The number of likely N-dealkylation sites (N-methyl/N-ethyl adjacent to an activating group) is 1. The standard InChI is InChI=1S/C22H27ClN4O4S/c1-25-7-9-26(10-8-25)21-6-5-18(23)16-20(21)24-22(28)17-3-2-4-19(15-17)32(29,30)27-11-13-31-14-12-27/h2-6,15-16H,7-14H2,1H3,(H,24,28). The Balaban J connectivity index is 1.56. The fourth-order valence-electron chi connectivity index (χ4n) is 3.86. The molecule has 0 spiro atoms. The number of nitrogens with zero attached hydrogens (tertiary/aromatic N) is 3. The lowest BCUT2D eigenvalue weighted by molar-refractivity contribution is 0.0730. The van der Waals surface area contributed by atoms with E-state index in [1.807, 2.05) is 6.07 Å². The number of hydrogen-bond acceptors (Lipinski definition) is 6. The number of carbonyl (C=O) groups excluding carboxylic acids is 1. The van der Waals surface area contributed by atoms with Crippen LogP contribution in [0.5, 0.6) is 0 Å². The quantitative estimate of drug-likeness (QED) is 0.710. The monoisotopic (exact) mass is 478 g/mol. The van der Waals surface area contributed by atoms with Gasteiger partial charge < -0.3 is 19.9 Å². The van der Waals surface area contributed by atoms with E-state index in [0.717, 1.165) is 31.9 Å². The molecule has 0 aromatic heterocycles. The van der Waals surface area contributed by atoms with E-state index in [1.165, 1.54) is 16.4 Å². The van der Waals surface area contributed by atoms with Gasteiger partial charge in [0.15, 0.2) is 0 Å². The first kappa shape index (κ1) is 23.0. The molecule has 10 heteroatoms. The van der Waals surface area contributed by atoms with Crippen LogP contribution in [0.1, 0.15) is 10.4 Å². The predicted molar refractivity (Wildman–Crippen MR) is 125 cm³/mol. The van der Waals surface area contributed by atoms with Gasteiger partial charge >= 0.3 is 0 Å². The summed E-state index contributed by atoms with van der Waals surface area (Å²) in [5.74, 6) is -0.387. The van der Waals surface area contributed by atoms with Crippen LogP contribution < -0.4 is 10.2 Å². The van der Waals surface area contributed by atoms with E-state index in [-0.39, 0.29) is 16.4 Å². The molecule has 32 heavy (non-hydrogen) atoms. The fraction of sp³-hybridized carbons (Fsp3) is 0.409. The maximum Gasteiger partial charge on any atom is 0.255 e. The zero-order chi connectivity index (χ0) is 22.7. The molecule has 2 saturated heterocycles. The van der Waals surface area contributed by atoms with Crippen LogP contribution in [0.15, 0.2) is 47.4 Å². The summed E-state index contributed by atoms with van der Waals surface area (Å²) in [7, 11) is -1.61. The Hall–Kier alpha value is -2.17. The first-order valence-electron chi connectivity index (χ1n) is 10.6. The van der Waals surface area contributed by atoms with Crippen LogP contribution in [0.25, 0.3) is 0 Å². The van der Waals surface area contributed by atoms with E-state index in [0.29, 0.717) is 37.0 Å². The molecule has 0 atom stereocenters. The molecule has 4 rings (SSSR count). The molecule has 2 aromatic carbocycles. The average Bonchev–Trinajstić information content (AvgIpc) is 2.80. The van der Waals surface area contributed by atoms with Crippen molar-refractivity contribution in [1.29, 1.82) is 0 Å². The van der Waals surface area contributed by atoms with Crippen molar-refractivity contribution < 1.29 is 17.9 Å². The van der Waals surface area contributed by atoms with Crippen molar-refractivity contribution in [2.45, 2.75) is 4.90 Å². The van der Waals surface area contributed by atoms with Crippen molar-refractivity contribution >= 4 is 38.9 Å². The van der Waals surface area contributed by atoms with Gasteiger partial charge in [-0.15, -0.1) is 0 Å². The lowest BCUT2D eigenvalue weighted by atomic mass is 10.1. The number of benzene rings is 2. The summed E-state index contributed by atoms with van der Waals surface area (Å²) < 4.78 is 32.6. The van der Waals surface area contributed by atoms with Crippen LogP contribution in [0.2, 0.25) is 5.02 Å². The smallest absolute Gasteiger partial charge is 0.255 e. The molecule has 2 heterocycles. The summed E-state index contributed by atoms with van der Waals surface area (Å²) in [5.41, 5.74) is 1.77. The number of sulfonamides is 1. The van der Waals surface area contributed by atoms with E-state index in [1.54, 1.807) is 24.3 Å². The van der Waals surface area contributed by atoms with Crippen LogP contribution in [-0.4, -0.2) is 83.1 Å². The Morgan fingerprint density at radius 1 is 1.00 bits per heavy atom. The van der Waals surface area contributed by atoms with Gasteiger partial charge in [-0.3, -0.25) is 4.79 Å². The third kappa shape index (κ3) is 5.07. The fourth-order valence-corrected chi connectivity index (χ4v) is 5.49. The minimum atomic E-state index is -3.69. The molecule has 0 bridgehead atoms. The predicted octanol–water partition coefficient (Wildman–Crippen LogP) is 2.37. The van der Waals surface area contributed by atoms with Crippen molar-refractivity contribution in [2.24, 2.45) is 0 Å². The zero-order valence-electron chi connectivity index (χ0n) is 18.0.